The van der Waals surface area contributed by atoms with Crippen LogP contribution in [0.4, 0.5) is 13.2 Å². The number of carbonyl (C=O) groups is 1. The van der Waals surface area contributed by atoms with Crippen molar-refractivity contribution in [3.8, 4) is 0 Å². The highest BCUT2D eigenvalue weighted by Gasteiger charge is 2.44. The van der Waals surface area contributed by atoms with Crippen LogP contribution in [0, 0.1) is 5.92 Å². The molecule has 0 aromatic carbocycles. The van der Waals surface area contributed by atoms with Crippen LogP contribution in [0.3, 0.4) is 0 Å². The van der Waals surface area contributed by atoms with Gasteiger partial charge in [0.25, 0.3) is 0 Å². The lowest BCUT2D eigenvalue weighted by Crippen LogP contribution is -2.30. The topological polar surface area (TPSA) is 63.3 Å². The maximum absolute atomic E-state index is 12.0. The standard InChI is InChI=1S/C7H12F3NO2.ClH/c8-7(9,10)5(6(12)13)3-1-2-4-11;/h5H,1-4,11H2,(H,12,13);1H/t5-;/m1./s1. The fourth-order valence-corrected chi connectivity index (χ4v) is 0.920. The van der Waals surface area contributed by atoms with Gasteiger partial charge in [0.1, 0.15) is 0 Å². The molecule has 0 rings (SSSR count). The number of aliphatic carboxylic acids is 1. The predicted molar refractivity (Wildman–Crippen MR) is 47.3 cm³/mol. The van der Waals surface area contributed by atoms with E-state index in [1.54, 1.807) is 0 Å². The van der Waals surface area contributed by atoms with Gasteiger partial charge in [0.05, 0.1) is 0 Å². The molecule has 0 spiro atoms. The Balaban J connectivity index is 0. The first-order chi connectivity index (χ1) is 5.89. The number of hydrogen-bond acceptors (Lipinski definition) is 2. The van der Waals surface area contributed by atoms with E-state index in [9.17, 15) is 18.0 Å². The molecular formula is C7H13ClF3NO2. The molecule has 14 heavy (non-hydrogen) atoms. The Morgan fingerprint density at radius 2 is 1.86 bits per heavy atom. The third-order valence-corrected chi connectivity index (χ3v) is 1.64. The van der Waals surface area contributed by atoms with Gasteiger partial charge in [-0.2, -0.15) is 13.2 Å². The van der Waals surface area contributed by atoms with E-state index >= 15 is 0 Å². The molecule has 0 unspecified atom stereocenters. The second-order valence-electron chi connectivity index (χ2n) is 2.72. The number of halogens is 4. The van der Waals surface area contributed by atoms with Crippen LogP contribution >= 0.6 is 12.4 Å². The zero-order valence-corrected chi connectivity index (χ0v) is 8.20. The van der Waals surface area contributed by atoms with Gasteiger partial charge in [0.15, 0.2) is 5.92 Å². The smallest absolute Gasteiger partial charge is 0.402 e. The fourth-order valence-electron chi connectivity index (χ4n) is 0.920. The molecular weight excluding hydrogens is 223 g/mol. The number of carboxylic acid groups (broad SMARTS) is 1. The molecule has 0 bridgehead atoms. The van der Waals surface area contributed by atoms with Crippen LogP contribution in [0.1, 0.15) is 19.3 Å². The molecule has 7 heteroatoms. The summed E-state index contributed by atoms with van der Waals surface area (Å²) >= 11 is 0. The van der Waals surface area contributed by atoms with Crippen molar-refractivity contribution in [2.75, 3.05) is 6.54 Å². The summed E-state index contributed by atoms with van der Waals surface area (Å²) in [6.45, 7) is 0.282. The maximum Gasteiger partial charge on any atom is 0.402 e. The highest BCUT2D eigenvalue weighted by molar-refractivity contribution is 5.85. The molecule has 86 valence electrons. The molecule has 0 amide bonds. The van der Waals surface area contributed by atoms with E-state index in [1.165, 1.54) is 0 Å². The van der Waals surface area contributed by atoms with Crippen molar-refractivity contribution < 1.29 is 23.1 Å². The Labute approximate surface area is 85.9 Å². The summed E-state index contributed by atoms with van der Waals surface area (Å²) < 4.78 is 36.0. The van der Waals surface area contributed by atoms with Gasteiger partial charge < -0.3 is 10.8 Å². The molecule has 1 atom stereocenters. The van der Waals surface area contributed by atoms with E-state index in [1.807, 2.05) is 0 Å². The summed E-state index contributed by atoms with van der Waals surface area (Å²) in [4.78, 5) is 10.2. The van der Waals surface area contributed by atoms with Gasteiger partial charge >= 0.3 is 12.1 Å². The van der Waals surface area contributed by atoms with Crippen LogP contribution in [0.25, 0.3) is 0 Å². The van der Waals surface area contributed by atoms with E-state index in [0.29, 0.717) is 6.42 Å². The monoisotopic (exact) mass is 235 g/mol. The summed E-state index contributed by atoms with van der Waals surface area (Å²) in [6.07, 6.45) is -4.44. The maximum atomic E-state index is 12.0. The number of unbranched alkanes of at least 4 members (excludes halogenated alkanes) is 1. The number of hydrogen-bond donors (Lipinski definition) is 2. The summed E-state index contributed by atoms with van der Waals surface area (Å²) in [7, 11) is 0. The highest BCUT2D eigenvalue weighted by Crippen LogP contribution is 2.30. The molecule has 0 heterocycles. The lowest BCUT2D eigenvalue weighted by molar-refractivity contribution is -0.194. The molecule has 0 aromatic rings. The highest BCUT2D eigenvalue weighted by atomic mass is 35.5. The zero-order chi connectivity index (χ0) is 10.5. The van der Waals surface area contributed by atoms with Gasteiger partial charge in [-0.25, -0.2) is 0 Å². The minimum absolute atomic E-state index is 0. The second-order valence-corrected chi connectivity index (χ2v) is 2.72. The Kier molecular flexibility index (Phi) is 7.85. The van der Waals surface area contributed by atoms with Crippen molar-refractivity contribution in [3.63, 3.8) is 0 Å². The third kappa shape index (κ3) is 6.04. The van der Waals surface area contributed by atoms with E-state index in [-0.39, 0.29) is 25.4 Å². The molecule has 0 aliphatic rings. The number of nitrogens with two attached hydrogens (primary N) is 1. The van der Waals surface area contributed by atoms with Crippen LogP contribution in [0.15, 0.2) is 0 Å². The van der Waals surface area contributed by atoms with Crippen LogP contribution in [-0.4, -0.2) is 23.8 Å². The molecule has 0 aliphatic carbocycles. The van der Waals surface area contributed by atoms with Gasteiger partial charge in [0.2, 0.25) is 0 Å². The van der Waals surface area contributed by atoms with E-state index in [0.717, 1.165) is 0 Å². The Morgan fingerprint density at radius 1 is 1.36 bits per heavy atom. The van der Waals surface area contributed by atoms with E-state index in [4.69, 9.17) is 10.8 Å². The number of alkyl halides is 3. The lowest BCUT2D eigenvalue weighted by Gasteiger charge is -2.15. The average Bonchev–Trinajstić information content (AvgIpc) is 1.94. The first-order valence-corrected chi connectivity index (χ1v) is 3.89. The number of rotatable bonds is 5. The van der Waals surface area contributed by atoms with Gasteiger partial charge in [-0.1, -0.05) is 6.42 Å². The van der Waals surface area contributed by atoms with E-state index in [2.05, 4.69) is 0 Å². The minimum atomic E-state index is -4.65. The first kappa shape index (κ1) is 16.0. The molecule has 0 aromatic heterocycles. The van der Waals surface area contributed by atoms with Gasteiger partial charge in [-0.15, -0.1) is 12.4 Å². The third-order valence-electron chi connectivity index (χ3n) is 1.64. The quantitative estimate of drug-likeness (QED) is 0.715. The predicted octanol–water partition coefficient (Wildman–Crippen LogP) is 1.80. The fraction of sp³-hybridized carbons (Fsp3) is 0.857. The summed E-state index contributed by atoms with van der Waals surface area (Å²) in [5, 5.41) is 8.26. The van der Waals surface area contributed by atoms with Crippen molar-refractivity contribution in [2.45, 2.75) is 25.4 Å². The molecule has 3 nitrogen and oxygen atoms in total. The molecule has 0 aliphatic heterocycles. The summed E-state index contributed by atoms with van der Waals surface area (Å²) in [6, 6.07) is 0. The zero-order valence-electron chi connectivity index (χ0n) is 7.38. The van der Waals surface area contributed by atoms with Crippen molar-refractivity contribution in [1.29, 1.82) is 0 Å². The van der Waals surface area contributed by atoms with Crippen molar-refractivity contribution in [3.05, 3.63) is 0 Å². The largest absolute Gasteiger partial charge is 0.481 e. The normalized spacial score (nSPS) is 13.1. The summed E-state index contributed by atoms with van der Waals surface area (Å²) in [5.74, 6) is -4.07. The number of carboxylic acids is 1. The van der Waals surface area contributed by atoms with Crippen LogP contribution in [0.5, 0.6) is 0 Å². The lowest BCUT2D eigenvalue weighted by atomic mass is 10.0. The Hall–Kier alpha value is -0.490. The SMILES string of the molecule is Cl.NCCCC[C@H](C(=O)O)C(F)(F)F. The van der Waals surface area contributed by atoms with Gasteiger partial charge in [-0.3, -0.25) is 4.79 Å². The first-order valence-electron chi connectivity index (χ1n) is 3.89. The van der Waals surface area contributed by atoms with Crippen molar-refractivity contribution in [1.82, 2.24) is 0 Å². The van der Waals surface area contributed by atoms with Crippen molar-refractivity contribution in [2.24, 2.45) is 11.7 Å². The molecule has 0 saturated heterocycles. The average molecular weight is 236 g/mol. The van der Waals surface area contributed by atoms with Crippen molar-refractivity contribution >= 4 is 18.4 Å². The Bertz CT molecular complexity index is 175. The Morgan fingerprint density at radius 3 is 2.14 bits per heavy atom. The van der Waals surface area contributed by atoms with E-state index < -0.39 is 24.5 Å². The van der Waals surface area contributed by atoms with Gasteiger partial charge in [-0.05, 0) is 19.4 Å². The second kappa shape index (κ2) is 6.89. The molecule has 0 saturated carbocycles. The van der Waals surface area contributed by atoms with Crippen LogP contribution in [0.2, 0.25) is 0 Å². The van der Waals surface area contributed by atoms with Crippen LogP contribution in [-0.2, 0) is 4.79 Å². The molecule has 3 N–H and O–H groups in total. The summed E-state index contributed by atoms with van der Waals surface area (Å²) in [5.41, 5.74) is 5.07. The van der Waals surface area contributed by atoms with Crippen LogP contribution < -0.4 is 5.73 Å². The molecule has 0 radical (unpaired) electrons. The minimum Gasteiger partial charge on any atom is -0.481 e. The molecule has 0 fully saturated rings. The van der Waals surface area contributed by atoms with Gasteiger partial charge in [0, 0.05) is 0 Å².